The largest absolute Gasteiger partial charge is 0.492 e. The number of carbonyl (C=O) groups is 3. The van der Waals surface area contributed by atoms with E-state index in [2.05, 4.69) is 14.4 Å². The highest BCUT2D eigenvalue weighted by Crippen LogP contribution is 2.42. The zero-order valence-electron chi connectivity index (χ0n) is 23.9. The molecule has 14 heteroatoms. The SMILES string of the molecule is O=C(c1ccc(OCCN2CCCCC2)cc1)c1c(-c2ccc(OC(=O)C(F)(F)F)cc2)sc2cc(OC(=O)C(F)(F)F)ccc12. The lowest BCUT2D eigenvalue weighted by molar-refractivity contribution is -0.189. The minimum atomic E-state index is -5.22. The number of thiophene rings is 1. The fraction of sp³-hybridized carbons (Fsp3) is 0.281. The number of alkyl halides is 6. The van der Waals surface area contributed by atoms with E-state index in [0.717, 1.165) is 62.0 Å². The summed E-state index contributed by atoms with van der Waals surface area (Å²) in [6.07, 6.45) is -6.89. The normalized spacial score (nSPS) is 14.2. The molecule has 0 bridgehead atoms. The van der Waals surface area contributed by atoms with Crippen LogP contribution >= 0.6 is 11.3 Å². The van der Waals surface area contributed by atoms with Crippen LogP contribution in [-0.2, 0) is 9.59 Å². The minimum absolute atomic E-state index is 0.160. The van der Waals surface area contributed by atoms with Crippen LogP contribution in [0.2, 0.25) is 0 Å². The van der Waals surface area contributed by atoms with Gasteiger partial charge < -0.3 is 14.2 Å². The molecule has 7 nitrogen and oxygen atoms in total. The molecule has 1 fully saturated rings. The maximum Gasteiger partial charge on any atom is 0.491 e. The van der Waals surface area contributed by atoms with Gasteiger partial charge in [0, 0.05) is 32.6 Å². The molecule has 1 aromatic heterocycles. The van der Waals surface area contributed by atoms with Crippen molar-refractivity contribution in [2.45, 2.75) is 31.6 Å². The molecule has 46 heavy (non-hydrogen) atoms. The Labute approximate surface area is 262 Å². The van der Waals surface area contributed by atoms with Gasteiger partial charge in [-0.3, -0.25) is 9.69 Å². The van der Waals surface area contributed by atoms with E-state index in [4.69, 9.17) is 4.74 Å². The van der Waals surface area contributed by atoms with Crippen LogP contribution in [0.4, 0.5) is 26.3 Å². The number of hydrogen-bond donors (Lipinski definition) is 0. The first kappa shape index (κ1) is 32.9. The zero-order valence-corrected chi connectivity index (χ0v) is 24.7. The number of likely N-dealkylation sites (tertiary alicyclic amines) is 1. The van der Waals surface area contributed by atoms with Crippen molar-refractivity contribution in [3.05, 3.63) is 77.9 Å². The highest BCUT2D eigenvalue weighted by molar-refractivity contribution is 7.22. The van der Waals surface area contributed by atoms with Crippen LogP contribution in [0.15, 0.2) is 66.7 Å². The Balaban J connectivity index is 1.43. The molecule has 0 unspecified atom stereocenters. The molecule has 1 aliphatic rings. The molecule has 0 amide bonds. The van der Waals surface area contributed by atoms with Gasteiger partial charge in [0.05, 0.1) is 0 Å². The van der Waals surface area contributed by atoms with Gasteiger partial charge in [-0.25, -0.2) is 9.59 Å². The van der Waals surface area contributed by atoms with Crippen molar-refractivity contribution in [3.63, 3.8) is 0 Å². The average molecular weight is 666 g/mol. The molecule has 1 saturated heterocycles. The lowest BCUT2D eigenvalue weighted by atomic mass is 9.97. The number of esters is 2. The maximum absolute atomic E-state index is 13.9. The molecule has 0 saturated carbocycles. The van der Waals surface area contributed by atoms with Gasteiger partial charge in [0.15, 0.2) is 5.78 Å². The van der Waals surface area contributed by atoms with Gasteiger partial charge in [-0.05, 0) is 98.2 Å². The third-order valence-corrected chi connectivity index (χ3v) is 8.33. The van der Waals surface area contributed by atoms with Gasteiger partial charge in [-0.2, -0.15) is 26.3 Å². The van der Waals surface area contributed by atoms with Crippen molar-refractivity contribution >= 4 is 39.1 Å². The van der Waals surface area contributed by atoms with Crippen molar-refractivity contribution in [2.75, 3.05) is 26.2 Å². The van der Waals surface area contributed by atoms with E-state index in [1.54, 1.807) is 24.3 Å². The number of hydrogen-bond acceptors (Lipinski definition) is 8. The standard InChI is InChI=1S/C32H25F6NO6S/c33-31(34,35)29(41)44-22-10-6-20(7-11-22)28-26(24-13-12-23(18-25(24)46-28)45-30(42)32(36,37)38)27(40)19-4-8-21(9-5-19)43-17-16-39-14-2-1-3-15-39/h4-13,18H,1-3,14-17H2. The van der Waals surface area contributed by atoms with Crippen molar-refractivity contribution in [1.82, 2.24) is 4.90 Å². The van der Waals surface area contributed by atoms with E-state index in [9.17, 15) is 40.7 Å². The molecule has 0 spiro atoms. The summed E-state index contributed by atoms with van der Waals surface area (Å²) in [4.78, 5) is 39.2. The summed E-state index contributed by atoms with van der Waals surface area (Å²) in [6, 6.07) is 15.0. The lowest BCUT2D eigenvalue weighted by Crippen LogP contribution is -2.33. The molecular weight excluding hydrogens is 640 g/mol. The smallest absolute Gasteiger partial charge is 0.491 e. The Bertz CT molecular complexity index is 1730. The monoisotopic (exact) mass is 665 g/mol. The van der Waals surface area contributed by atoms with E-state index in [1.165, 1.54) is 30.7 Å². The Morgan fingerprint density at radius 2 is 1.28 bits per heavy atom. The first-order valence-electron chi connectivity index (χ1n) is 14.0. The summed E-state index contributed by atoms with van der Waals surface area (Å²) >= 11 is 0.990. The molecular formula is C32H25F6NO6S. The first-order chi connectivity index (χ1) is 21.8. The number of nitrogens with zero attached hydrogens (tertiary/aromatic N) is 1. The lowest BCUT2D eigenvalue weighted by Gasteiger charge is -2.26. The van der Waals surface area contributed by atoms with Gasteiger partial charge in [-0.1, -0.05) is 6.42 Å². The maximum atomic E-state index is 13.9. The Hall–Kier alpha value is -4.43. The van der Waals surface area contributed by atoms with E-state index in [1.807, 2.05) is 0 Å². The van der Waals surface area contributed by atoms with Crippen LogP contribution in [0.25, 0.3) is 20.5 Å². The number of benzene rings is 3. The Morgan fingerprint density at radius 3 is 1.89 bits per heavy atom. The van der Waals surface area contributed by atoms with Gasteiger partial charge in [0.2, 0.25) is 0 Å². The number of carbonyl (C=O) groups excluding carboxylic acids is 3. The van der Waals surface area contributed by atoms with Crippen LogP contribution in [-0.4, -0.2) is 61.2 Å². The van der Waals surface area contributed by atoms with Crippen molar-refractivity contribution in [3.8, 4) is 27.7 Å². The molecule has 3 aromatic carbocycles. The molecule has 0 atom stereocenters. The highest BCUT2D eigenvalue weighted by Gasteiger charge is 2.42. The van der Waals surface area contributed by atoms with Crippen LogP contribution in [0.5, 0.6) is 17.2 Å². The summed E-state index contributed by atoms with van der Waals surface area (Å²) in [5.74, 6) is -5.50. The second-order valence-corrected chi connectivity index (χ2v) is 11.4. The van der Waals surface area contributed by atoms with Crippen molar-refractivity contribution in [2.24, 2.45) is 0 Å². The summed E-state index contributed by atoms with van der Waals surface area (Å²) in [6.45, 7) is 3.31. The molecule has 0 radical (unpaired) electrons. The quantitative estimate of drug-likeness (QED) is 0.0789. The molecule has 242 valence electrons. The fourth-order valence-corrected chi connectivity index (χ4v) is 6.13. The number of ether oxygens (including phenoxy) is 3. The Kier molecular flexibility index (Phi) is 9.68. The molecule has 4 aromatic rings. The Morgan fingerprint density at radius 1 is 0.717 bits per heavy atom. The fourth-order valence-electron chi connectivity index (χ4n) is 4.90. The van der Waals surface area contributed by atoms with Crippen LogP contribution < -0.4 is 14.2 Å². The van der Waals surface area contributed by atoms with E-state index >= 15 is 0 Å². The number of piperidine rings is 1. The van der Waals surface area contributed by atoms with Crippen molar-refractivity contribution < 1.29 is 54.9 Å². The van der Waals surface area contributed by atoms with E-state index in [0.29, 0.717) is 32.9 Å². The average Bonchev–Trinajstić information content (AvgIpc) is 3.40. The molecule has 5 rings (SSSR count). The van der Waals surface area contributed by atoms with Crippen LogP contribution in [0, 0.1) is 0 Å². The predicted octanol–water partition coefficient (Wildman–Crippen LogP) is 7.60. The van der Waals surface area contributed by atoms with Crippen LogP contribution in [0.3, 0.4) is 0 Å². The summed E-state index contributed by atoms with van der Waals surface area (Å²) in [5, 5.41) is 0.339. The molecule has 0 N–H and O–H groups in total. The van der Waals surface area contributed by atoms with Gasteiger partial charge >= 0.3 is 24.3 Å². The number of ketones is 1. The molecule has 2 heterocycles. The predicted molar refractivity (Wildman–Crippen MR) is 156 cm³/mol. The van der Waals surface area contributed by atoms with Crippen LogP contribution in [0.1, 0.15) is 35.2 Å². The first-order valence-corrected chi connectivity index (χ1v) is 14.9. The number of fused-ring (bicyclic) bond motifs is 1. The minimum Gasteiger partial charge on any atom is -0.492 e. The third kappa shape index (κ3) is 7.85. The zero-order chi connectivity index (χ0) is 33.1. The summed E-state index contributed by atoms with van der Waals surface area (Å²) in [5.41, 5.74) is 0.781. The van der Waals surface area contributed by atoms with Gasteiger partial charge in [-0.15, -0.1) is 11.3 Å². The summed E-state index contributed by atoms with van der Waals surface area (Å²) in [7, 11) is 0. The topological polar surface area (TPSA) is 82.1 Å². The third-order valence-electron chi connectivity index (χ3n) is 7.13. The number of halogens is 6. The van der Waals surface area contributed by atoms with Crippen molar-refractivity contribution in [1.29, 1.82) is 0 Å². The van der Waals surface area contributed by atoms with Gasteiger partial charge in [0.25, 0.3) is 0 Å². The van der Waals surface area contributed by atoms with E-state index in [-0.39, 0.29) is 11.1 Å². The second kappa shape index (κ2) is 13.5. The molecule has 1 aliphatic heterocycles. The highest BCUT2D eigenvalue weighted by atomic mass is 32.1. The number of rotatable bonds is 9. The summed E-state index contributed by atoms with van der Waals surface area (Å²) < 4.78 is 91.1. The van der Waals surface area contributed by atoms with Gasteiger partial charge in [0.1, 0.15) is 23.9 Å². The molecule has 0 aliphatic carbocycles. The van der Waals surface area contributed by atoms with E-state index < -0.39 is 41.6 Å². The second-order valence-electron chi connectivity index (χ2n) is 10.4.